The van der Waals surface area contributed by atoms with Gasteiger partial charge in [0.2, 0.25) is 5.91 Å². The van der Waals surface area contributed by atoms with Crippen LogP contribution in [0.5, 0.6) is 0 Å². The van der Waals surface area contributed by atoms with E-state index in [0.29, 0.717) is 23.6 Å². The smallest absolute Gasteiger partial charge is 0.222 e. The number of hydrogen-bond acceptors (Lipinski definition) is 5. The maximum atomic E-state index is 14.3. The number of benzene rings is 1. The second kappa shape index (κ2) is 8.11. The predicted octanol–water partition coefficient (Wildman–Crippen LogP) is 2.95. The first-order chi connectivity index (χ1) is 14.5. The molecule has 8 nitrogen and oxygen atoms in total. The van der Waals surface area contributed by atoms with Crippen molar-refractivity contribution in [3.63, 3.8) is 0 Å². The molecule has 0 aliphatic heterocycles. The van der Waals surface area contributed by atoms with Crippen LogP contribution in [0.3, 0.4) is 0 Å². The van der Waals surface area contributed by atoms with Gasteiger partial charge in [0.25, 0.3) is 0 Å². The Morgan fingerprint density at radius 3 is 2.93 bits per heavy atom. The predicted molar refractivity (Wildman–Crippen MR) is 114 cm³/mol. The first-order valence-electron chi connectivity index (χ1n) is 9.57. The summed E-state index contributed by atoms with van der Waals surface area (Å²) >= 11 is 0. The third-order valence-electron chi connectivity index (χ3n) is 5.04. The highest BCUT2D eigenvalue weighted by molar-refractivity contribution is 6.07. The number of rotatable bonds is 7. The number of carbonyl (C=O) groups is 1. The molecule has 9 heteroatoms. The molecule has 1 aromatic carbocycles. The molecule has 0 saturated heterocycles. The Balaban J connectivity index is 1.69. The Morgan fingerprint density at radius 1 is 1.33 bits per heavy atom. The van der Waals surface area contributed by atoms with E-state index in [2.05, 4.69) is 25.6 Å². The molecule has 0 spiro atoms. The van der Waals surface area contributed by atoms with Crippen molar-refractivity contribution in [3.05, 3.63) is 42.0 Å². The Morgan fingerprint density at radius 2 is 2.17 bits per heavy atom. The fourth-order valence-electron chi connectivity index (χ4n) is 3.48. The highest BCUT2D eigenvalue weighted by Gasteiger charge is 2.16. The third kappa shape index (κ3) is 3.59. The van der Waals surface area contributed by atoms with Gasteiger partial charge in [0.1, 0.15) is 17.0 Å². The van der Waals surface area contributed by atoms with E-state index in [0.717, 1.165) is 27.7 Å². The molecule has 3 heterocycles. The van der Waals surface area contributed by atoms with Crippen LogP contribution in [0.15, 0.2) is 30.6 Å². The van der Waals surface area contributed by atoms with E-state index in [1.807, 2.05) is 17.7 Å². The summed E-state index contributed by atoms with van der Waals surface area (Å²) in [5.74, 6) is 0.131. The summed E-state index contributed by atoms with van der Waals surface area (Å²) in [6, 6.07) is 6.83. The van der Waals surface area contributed by atoms with Gasteiger partial charge in [-0.05, 0) is 29.8 Å². The van der Waals surface area contributed by atoms with Crippen molar-refractivity contribution in [2.75, 3.05) is 26.1 Å². The van der Waals surface area contributed by atoms with Crippen molar-refractivity contribution in [1.82, 2.24) is 24.8 Å². The molecule has 0 bridgehead atoms. The molecular formula is C21H23FN6O2. The Hall–Kier alpha value is -3.46. The quantitative estimate of drug-likeness (QED) is 0.435. The number of hydrogen-bond donors (Lipinski definition) is 3. The lowest BCUT2D eigenvalue weighted by Gasteiger charge is -2.08. The zero-order valence-corrected chi connectivity index (χ0v) is 17.0. The molecule has 3 aromatic heterocycles. The molecule has 30 heavy (non-hydrogen) atoms. The van der Waals surface area contributed by atoms with Crippen LogP contribution in [0.2, 0.25) is 0 Å². The summed E-state index contributed by atoms with van der Waals surface area (Å²) in [6.07, 6.45) is 1.99. The van der Waals surface area contributed by atoms with Gasteiger partial charge in [-0.25, -0.2) is 14.4 Å². The number of amides is 1. The summed E-state index contributed by atoms with van der Waals surface area (Å²) in [5, 5.41) is 6.73. The highest BCUT2D eigenvalue weighted by atomic mass is 19.1. The molecule has 0 atom stereocenters. The van der Waals surface area contributed by atoms with Crippen LogP contribution in [-0.2, 0) is 23.1 Å². The van der Waals surface area contributed by atoms with Gasteiger partial charge in [-0.1, -0.05) is 0 Å². The van der Waals surface area contributed by atoms with Crippen LogP contribution in [0.25, 0.3) is 33.3 Å². The van der Waals surface area contributed by atoms with E-state index >= 15 is 0 Å². The van der Waals surface area contributed by atoms with Crippen molar-refractivity contribution in [2.45, 2.75) is 13.0 Å². The maximum absolute atomic E-state index is 14.3. The number of anilines is 1. The number of methoxy groups -OCH3 is 1. The number of imidazole rings is 1. The van der Waals surface area contributed by atoms with Crippen LogP contribution in [0.1, 0.15) is 12.0 Å². The normalized spacial score (nSPS) is 11.3. The minimum absolute atomic E-state index is 0.108. The van der Waals surface area contributed by atoms with Gasteiger partial charge in [-0.2, -0.15) is 0 Å². The Kier molecular flexibility index (Phi) is 5.37. The van der Waals surface area contributed by atoms with Crippen molar-refractivity contribution in [2.24, 2.45) is 7.05 Å². The van der Waals surface area contributed by atoms with Crippen LogP contribution >= 0.6 is 0 Å². The molecule has 1 amide bonds. The largest absolute Gasteiger partial charge is 0.384 e. The zero-order chi connectivity index (χ0) is 21.3. The molecular weight excluding hydrogens is 387 g/mol. The lowest BCUT2D eigenvalue weighted by Crippen LogP contribution is -2.24. The van der Waals surface area contributed by atoms with E-state index < -0.39 is 0 Å². The molecule has 3 N–H and O–H groups in total. The number of pyridine rings is 1. The van der Waals surface area contributed by atoms with Crippen molar-refractivity contribution in [1.29, 1.82) is 0 Å². The van der Waals surface area contributed by atoms with Gasteiger partial charge in [-0.15, -0.1) is 0 Å². The zero-order valence-electron chi connectivity index (χ0n) is 17.0. The van der Waals surface area contributed by atoms with Crippen molar-refractivity contribution in [3.8, 4) is 11.3 Å². The molecule has 156 valence electrons. The number of aromatic nitrogens is 4. The van der Waals surface area contributed by atoms with E-state index in [4.69, 9.17) is 4.74 Å². The number of ether oxygens (including phenoxy) is 1. The number of fused-ring (bicyclic) bond motifs is 3. The number of nitrogens with one attached hydrogen (secondary N) is 3. The SMILES string of the molecule is CNc1nc2[nH]c(-c3ccc(F)c(CNC(=O)CCOC)c3)cc2c2c1ncn2C. The summed E-state index contributed by atoms with van der Waals surface area (Å²) in [4.78, 5) is 24.2. The number of carbonyl (C=O) groups excluding carboxylic acids is 1. The standard InChI is InChI=1S/C21H23FN6O2/c1-23-21-18-19(28(2)11-25-18)14-9-16(26-20(14)27-21)12-4-5-15(22)13(8-12)10-24-17(29)6-7-30-3/h4-5,8-9,11H,6-7,10H2,1-3H3,(H,24,29)(H2,23,26,27). The third-order valence-corrected chi connectivity index (χ3v) is 5.04. The topological polar surface area (TPSA) is 96.9 Å². The first-order valence-corrected chi connectivity index (χ1v) is 9.57. The van der Waals surface area contributed by atoms with Gasteiger partial charge >= 0.3 is 0 Å². The molecule has 4 rings (SSSR count). The average molecular weight is 410 g/mol. The number of nitrogens with zero attached hydrogens (tertiary/aromatic N) is 3. The summed E-state index contributed by atoms with van der Waals surface area (Å²) in [5.41, 5.74) is 4.48. The number of H-pyrrole nitrogens is 1. The number of aromatic amines is 1. The van der Waals surface area contributed by atoms with E-state index in [-0.39, 0.29) is 24.7 Å². The summed E-state index contributed by atoms with van der Waals surface area (Å²) in [7, 11) is 5.27. The van der Waals surface area contributed by atoms with Crippen LogP contribution in [-0.4, -0.2) is 46.2 Å². The van der Waals surface area contributed by atoms with Gasteiger partial charge < -0.3 is 24.9 Å². The van der Waals surface area contributed by atoms with Crippen LogP contribution in [0, 0.1) is 5.82 Å². The van der Waals surface area contributed by atoms with Crippen LogP contribution < -0.4 is 10.6 Å². The van der Waals surface area contributed by atoms with Gasteiger partial charge in [0.15, 0.2) is 5.82 Å². The van der Waals surface area contributed by atoms with Crippen molar-refractivity contribution >= 4 is 33.8 Å². The molecule has 0 aliphatic rings. The molecule has 0 radical (unpaired) electrons. The van der Waals surface area contributed by atoms with Gasteiger partial charge in [-0.3, -0.25) is 4.79 Å². The lowest BCUT2D eigenvalue weighted by molar-refractivity contribution is -0.122. The van der Waals surface area contributed by atoms with Crippen molar-refractivity contribution < 1.29 is 13.9 Å². The molecule has 0 aliphatic carbocycles. The summed E-state index contributed by atoms with van der Waals surface area (Å²) in [6.45, 7) is 0.435. The van der Waals surface area contributed by atoms with E-state index in [9.17, 15) is 9.18 Å². The fourth-order valence-corrected chi connectivity index (χ4v) is 3.48. The Bertz CT molecular complexity index is 1230. The monoisotopic (exact) mass is 410 g/mol. The second-order valence-corrected chi connectivity index (χ2v) is 7.03. The Labute approximate surface area is 172 Å². The molecule has 4 aromatic rings. The maximum Gasteiger partial charge on any atom is 0.222 e. The first kappa shape index (κ1) is 19.8. The van der Waals surface area contributed by atoms with E-state index in [1.165, 1.54) is 13.2 Å². The number of halogens is 1. The summed E-state index contributed by atoms with van der Waals surface area (Å²) < 4.78 is 21.1. The van der Waals surface area contributed by atoms with Crippen LogP contribution in [0.4, 0.5) is 10.2 Å². The number of aryl methyl sites for hydroxylation is 1. The second-order valence-electron chi connectivity index (χ2n) is 7.03. The van der Waals surface area contributed by atoms with E-state index in [1.54, 1.807) is 25.5 Å². The minimum atomic E-state index is -0.369. The average Bonchev–Trinajstić information content (AvgIpc) is 3.34. The highest BCUT2D eigenvalue weighted by Crippen LogP contribution is 2.32. The van der Waals surface area contributed by atoms with Gasteiger partial charge in [0, 0.05) is 50.8 Å². The fraction of sp³-hybridized carbons (Fsp3) is 0.286. The lowest BCUT2D eigenvalue weighted by atomic mass is 10.1. The molecule has 0 saturated carbocycles. The van der Waals surface area contributed by atoms with Gasteiger partial charge in [0.05, 0.1) is 18.5 Å². The molecule has 0 fully saturated rings. The minimum Gasteiger partial charge on any atom is -0.384 e. The molecule has 0 unspecified atom stereocenters.